The van der Waals surface area contributed by atoms with E-state index in [9.17, 15) is 13.2 Å². The summed E-state index contributed by atoms with van der Waals surface area (Å²) in [5.41, 5.74) is 0.434. The Labute approximate surface area is 153 Å². The fourth-order valence-corrected chi connectivity index (χ4v) is 5.38. The van der Waals surface area contributed by atoms with Crippen LogP contribution in [0.25, 0.3) is 0 Å². The van der Waals surface area contributed by atoms with Crippen LogP contribution in [0, 0.1) is 0 Å². The summed E-state index contributed by atoms with van der Waals surface area (Å²) in [5.74, 6) is -0.704. The molecule has 3 fully saturated rings. The molecular formula is C18H24N2O5S. The second kappa shape index (κ2) is 6.92. The second-order valence-electron chi connectivity index (χ2n) is 7.04. The first-order valence-corrected chi connectivity index (χ1v) is 10.6. The molecule has 3 heterocycles. The standard InChI is InChI=1S/C18H24N2O5S/c21-17(19-8-1-2-9-19)15-4-3-5-16(14-15)26(22,23)20-10-6-18(7-11-20)24-12-13-25-18/h3-5,14H,1-2,6-13H2. The SMILES string of the molecule is O=C(c1cccc(S(=O)(=O)N2CCC3(CC2)OCCO3)c1)N1CCCC1. The van der Waals surface area contributed by atoms with E-state index in [4.69, 9.17) is 9.47 Å². The molecule has 26 heavy (non-hydrogen) atoms. The monoisotopic (exact) mass is 380 g/mol. The van der Waals surface area contributed by atoms with Crippen LogP contribution >= 0.6 is 0 Å². The summed E-state index contributed by atoms with van der Waals surface area (Å²) in [7, 11) is -3.64. The predicted molar refractivity (Wildman–Crippen MR) is 94.2 cm³/mol. The van der Waals surface area contributed by atoms with Crippen molar-refractivity contribution >= 4 is 15.9 Å². The molecule has 0 bridgehead atoms. The lowest BCUT2D eigenvalue weighted by atomic mass is 10.1. The Kier molecular flexibility index (Phi) is 4.77. The van der Waals surface area contributed by atoms with Crippen LogP contribution in [-0.4, -0.2) is 68.7 Å². The first-order chi connectivity index (χ1) is 12.5. The first kappa shape index (κ1) is 17.9. The lowest BCUT2D eigenvalue weighted by Crippen LogP contribution is -2.47. The zero-order valence-corrected chi connectivity index (χ0v) is 15.5. The maximum absolute atomic E-state index is 13.0. The van der Waals surface area contributed by atoms with Gasteiger partial charge in [0.1, 0.15) is 0 Å². The maximum Gasteiger partial charge on any atom is 0.253 e. The van der Waals surface area contributed by atoms with Crippen LogP contribution in [0.2, 0.25) is 0 Å². The highest BCUT2D eigenvalue weighted by molar-refractivity contribution is 7.89. The zero-order chi connectivity index (χ0) is 18.2. The summed E-state index contributed by atoms with van der Waals surface area (Å²) in [6.07, 6.45) is 3.06. The Bertz CT molecular complexity index is 773. The smallest absolute Gasteiger partial charge is 0.253 e. The number of amides is 1. The van der Waals surface area contributed by atoms with Gasteiger partial charge in [0, 0.05) is 44.6 Å². The van der Waals surface area contributed by atoms with Crippen LogP contribution in [0.1, 0.15) is 36.0 Å². The molecule has 1 amide bonds. The lowest BCUT2D eigenvalue weighted by molar-refractivity contribution is -0.179. The third-order valence-corrected chi connectivity index (χ3v) is 7.30. The van der Waals surface area contributed by atoms with E-state index in [0.717, 1.165) is 25.9 Å². The highest BCUT2D eigenvalue weighted by Crippen LogP contribution is 2.33. The topological polar surface area (TPSA) is 76.2 Å². The molecule has 0 aliphatic carbocycles. The quantitative estimate of drug-likeness (QED) is 0.793. The number of piperidine rings is 1. The molecule has 0 aromatic heterocycles. The lowest BCUT2D eigenvalue weighted by Gasteiger charge is -2.36. The van der Waals surface area contributed by atoms with Gasteiger partial charge in [0.15, 0.2) is 5.79 Å². The van der Waals surface area contributed by atoms with Gasteiger partial charge in [-0.05, 0) is 31.0 Å². The van der Waals surface area contributed by atoms with Gasteiger partial charge in [-0.2, -0.15) is 4.31 Å². The summed E-state index contributed by atoms with van der Waals surface area (Å²) in [5, 5.41) is 0. The number of likely N-dealkylation sites (tertiary alicyclic amines) is 1. The molecule has 0 N–H and O–H groups in total. The molecule has 3 aliphatic rings. The summed E-state index contributed by atoms with van der Waals surface area (Å²) in [6.45, 7) is 3.31. The second-order valence-corrected chi connectivity index (χ2v) is 8.98. The number of sulfonamides is 1. The van der Waals surface area contributed by atoms with E-state index < -0.39 is 15.8 Å². The number of rotatable bonds is 3. The Morgan fingerprint density at radius 1 is 1.00 bits per heavy atom. The normalized spacial score (nSPS) is 23.6. The van der Waals surface area contributed by atoms with Crippen LogP contribution in [0.5, 0.6) is 0 Å². The third kappa shape index (κ3) is 3.26. The number of nitrogens with zero attached hydrogens (tertiary/aromatic N) is 2. The van der Waals surface area contributed by atoms with E-state index in [2.05, 4.69) is 0 Å². The van der Waals surface area contributed by atoms with Crippen molar-refractivity contribution in [3.63, 3.8) is 0 Å². The van der Waals surface area contributed by atoms with Crippen molar-refractivity contribution in [2.24, 2.45) is 0 Å². The van der Waals surface area contributed by atoms with Crippen LogP contribution in [0.4, 0.5) is 0 Å². The molecule has 3 saturated heterocycles. The van der Waals surface area contributed by atoms with Crippen molar-refractivity contribution in [2.45, 2.75) is 36.4 Å². The molecular weight excluding hydrogens is 356 g/mol. The summed E-state index contributed by atoms with van der Waals surface area (Å²) in [4.78, 5) is 14.5. The molecule has 1 spiro atoms. The molecule has 1 aromatic rings. The van der Waals surface area contributed by atoms with Crippen molar-refractivity contribution in [3.8, 4) is 0 Å². The predicted octanol–water partition coefficient (Wildman–Crippen LogP) is 1.45. The molecule has 8 heteroatoms. The minimum Gasteiger partial charge on any atom is -0.347 e. The summed E-state index contributed by atoms with van der Waals surface area (Å²) >= 11 is 0. The first-order valence-electron chi connectivity index (χ1n) is 9.18. The van der Waals surface area contributed by atoms with E-state index in [-0.39, 0.29) is 10.8 Å². The van der Waals surface area contributed by atoms with Crippen molar-refractivity contribution in [1.82, 2.24) is 9.21 Å². The average Bonchev–Trinajstić information content (AvgIpc) is 3.34. The van der Waals surface area contributed by atoms with Crippen molar-refractivity contribution in [3.05, 3.63) is 29.8 Å². The number of ether oxygens (including phenoxy) is 2. The van der Waals surface area contributed by atoms with Gasteiger partial charge in [-0.3, -0.25) is 4.79 Å². The largest absolute Gasteiger partial charge is 0.347 e. The van der Waals surface area contributed by atoms with Gasteiger partial charge in [-0.25, -0.2) is 8.42 Å². The van der Waals surface area contributed by atoms with Crippen molar-refractivity contribution in [2.75, 3.05) is 39.4 Å². The molecule has 3 aliphatic heterocycles. The van der Waals surface area contributed by atoms with Gasteiger partial charge in [-0.1, -0.05) is 6.07 Å². The van der Waals surface area contributed by atoms with Gasteiger partial charge in [0.2, 0.25) is 10.0 Å². The summed E-state index contributed by atoms with van der Waals surface area (Å²) < 4.78 is 38.8. The molecule has 0 saturated carbocycles. The van der Waals surface area contributed by atoms with Gasteiger partial charge in [0.25, 0.3) is 5.91 Å². The fourth-order valence-electron chi connectivity index (χ4n) is 3.89. The van der Waals surface area contributed by atoms with Crippen LogP contribution in [0.3, 0.4) is 0 Å². The fraction of sp³-hybridized carbons (Fsp3) is 0.611. The Morgan fingerprint density at radius 2 is 1.65 bits per heavy atom. The van der Waals surface area contributed by atoms with Gasteiger partial charge in [0.05, 0.1) is 18.1 Å². The Balaban J connectivity index is 1.51. The van der Waals surface area contributed by atoms with E-state index in [0.29, 0.717) is 44.7 Å². The zero-order valence-electron chi connectivity index (χ0n) is 14.7. The molecule has 1 aromatic carbocycles. The van der Waals surface area contributed by atoms with Crippen LogP contribution in [0.15, 0.2) is 29.2 Å². The summed E-state index contributed by atoms with van der Waals surface area (Å²) in [6, 6.07) is 6.39. The number of hydrogen-bond donors (Lipinski definition) is 0. The number of carbonyl (C=O) groups excluding carboxylic acids is 1. The molecule has 142 valence electrons. The number of carbonyl (C=O) groups is 1. The molecule has 7 nitrogen and oxygen atoms in total. The van der Waals surface area contributed by atoms with Gasteiger partial charge in [-0.15, -0.1) is 0 Å². The molecule has 0 radical (unpaired) electrons. The van der Waals surface area contributed by atoms with Crippen LogP contribution in [-0.2, 0) is 19.5 Å². The van der Waals surface area contributed by atoms with Gasteiger partial charge >= 0.3 is 0 Å². The van der Waals surface area contributed by atoms with E-state index in [1.807, 2.05) is 0 Å². The van der Waals surface area contributed by atoms with Gasteiger partial charge < -0.3 is 14.4 Å². The average molecular weight is 380 g/mol. The van der Waals surface area contributed by atoms with Crippen molar-refractivity contribution < 1.29 is 22.7 Å². The van der Waals surface area contributed by atoms with Crippen molar-refractivity contribution in [1.29, 1.82) is 0 Å². The van der Waals surface area contributed by atoms with E-state index in [1.165, 1.54) is 10.4 Å². The van der Waals surface area contributed by atoms with E-state index >= 15 is 0 Å². The molecule has 4 rings (SSSR count). The Morgan fingerprint density at radius 3 is 2.31 bits per heavy atom. The number of hydrogen-bond acceptors (Lipinski definition) is 5. The highest BCUT2D eigenvalue weighted by atomic mass is 32.2. The van der Waals surface area contributed by atoms with E-state index in [1.54, 1.807) is 23.1 Å². The maximum atomic E-state index is 13.0. The number of benzene rings is 1. The van der Waals surface area contributed by atoms with Crippen LogP contribution < -0.4 is 0 Å². The highest BCUT2D eigenvalue weighted by Gasteiger charge is 2.42. The molecule has 0 atom stereocenters. The third-order valence-electron chi connectivity index (χ3n) is 5.41. The Hall–Kier alpha value is -1.48. The minimum absolute atomic E-state index is 0.0927. The molecule has 0 unspecified atom stereocenters. The minimum atomic E-state index is -3.64.